The Labute approximate surface area is 123 Å². The summed E-state index contributed by atoms with van der Waals surface area (Å²) in [6, 6.07) is 8.80. The van der Waals surface area contributed by atoms with Crippen LogP contribution in [0, 0.1) is 5.92 Å². The van der Waals surface area contributed by atoms with E-state index in [0.29, 0.717) is 5.92 Å². The molecule has 20 heavy (non-hydrogen) atoms. The quantitative estimate of drug-likeness (QED) is 0.843. The van der Waals surface area contributed by atoms with Crippen molar-refractivity contribution in [3.05, 3.63) is 35.4 Å². The molecule has 1 aromatic carbocycles. The van der Waals surface area contributed by atoms with E-state index in [1.165, 1.54) is 49.7 Å². The summed E-state index contributed by atoms with van der Waals surface area (Å²) in [6.45, 7) is 2.21. The number of hydrogen-bond acceptors (Lipinski definition) is 2. The molecule has 1 aliphatic carbocycles. The molecule has 1 aliphatic rings. The second kappa shape index (κ2) is 7.80. The van der Waals surface area contributed by atoms with Gasteiger partial charge in [-0.3, -0.25) is 0 Å². The third-order valence-corrected chi connectivity index (χ3v) is 4.64. The van der Waals surface area contributed by atoms with Crippen LogP contribution in [0.15, 0.2) is 24.3 Å². The van der Waals surface area contributed by atoms with Crippen LogP contribution in [0.2, 0.25) is 0 Å². The highest BCUT2D eigenvalue weighted by Gasteiger charge is 2.29. The van der Waals surface area contributed by atoms with Gasteiger partial charge in [-0.05, 0) is 36.3 Å². The topological polar surface area (TPSA) is 35.2 Å². The maximum atomic E-state index is 6.48. The molecule has 2 N–H and O–H groups in total. The number of ether oxygens (including phenoxy) is 1. The Balaban J connectivity index is 2.04. The van der Waals surface area contributed by atoms with Crippen LogP contribution in [0.3, 0.4) is 0 Å². The van der Waals surface area contributed by atoms with E-state index in [2.05, 4.69) is 31.2 Å². The first-order valence-corrected chi connectivity index (χ1v) is 8.13. The van der Waals surface area contributed by atoms with E-state index in [1.807, 2.05) is 7.11 Å². The average molecular weight is 275 g/mol. The number of aryl methyl sites for hydroxylation is 1. The lowest BCUT2D eigenvalue weighted by Gasteiger charge is -2.33. The zero-order valence-corrected chi connectivity index (χ0v) is 13.0. The number of benzene rings is 1. The summed E-state index contributed by atoms with van der Waals surface area (Å²) in [7, 11) is 1.81. The molecule has 0 spiro atoms. The van der Waals surface area contributed by atoms with Crippen molar-refractivity contribution in [3.8, 4) is 0 Å². The van der Waals surface area contributed by atoms with Crippen LogP contribution in [0.1, 0.15) is 62.6 Å². The number of rotatable bonds is 6. The number of hydrogen-bond donors (Lipinski definition) is 1. The standard InChI is InChI=1S/C18H29NO/c1-3-7-14-10-12-15(13-11-14)17(19)18(20-2)16-8-5-4-6-9-16/h10-13,16-18H,3-9,19H2,1-2H3. The lowest BCUT2D eigenvalue weighted by molar-refractivity contribution is 0.0173. The lowest BCUT2D eigenvalue weighted by Crippen LogP contribution is -2.35. The first-order chi connectivity index (χ1) is 9.76. The Morgan fingerprint density at radius 2 is 1.80 bits per heavy atom. The van der Waals surface area contributed by atoms with Gasteiger partial charge in [-0.15, -0.1) is 0 Å². The van der Waals surface area contributed by atoms with Gasteiger partial charge in [0.2, 0.25) is 0 Å². The van der Waals surface area contributed by atoms with Gasteiger partial charge in [0.15, 0.2) is 0 Å². The molecule has 0 aliphatic heterocycles. The predicted molar refractivity (Wildman–Crippen MR) is 84.7 cm³/mol. The second-order valence-electron chi connectivity index (χ2n) is 6.12. The molecule has 2 atom stereocenters. The highest BCUT2D eigenvalue weighted by Crippen LogP contribution is 2.33. The second-order valence-corrected chi connectivity index (χ2v) is 6.12. The molecule has 1 saturated carbocycles. The molecule has 2 unspecified atom stereocenters. The third-order valence-electron chi connectivity index (χ3n) is 4.64. The minimum absolute atomic E-state index is 0.00113. The molecule has 0 saturated heterocycles. The van der Waals surface area contributed by atoms with E-state index in [1.54, 1.807) is 0 Å². The van der Waals surface area contributed by atoms with Crippen LogP contribution >= 0.6 is 0 Å². The van der Waals surface area contributed by atoms with Gasteiger partial charge in [0.25, 0.3) is 0 Å². The SMILES string of the molecule is CCCc1ccc(C(N)C(OC)C2CCCCC2)cc1. The van der Waals surface area contributed by atoms with E-state index in [-0.39, 0.29) is 12.1 Å². The van der Waals surface area contributed by atoms with E-state index >= 15 is 0 Å². The molecule has 2 heteroatoms. The highest BCUT2D eigenvalue weighted by atomic mass is 16.5. The Morgan fingerprint density at radius 3 is 2.35 bits per heavy atom. The minimum Gasteiger partial charge on any atom is -0.379 e. The first-order valence-electron chi connectivity index (χ1n) is 8.13. The summed E-state index contributed by atoms with van der Waals surface area (Å²) in [5.74, 6) is 0.624. The summed E-state index contributed by atoms with van der Waals surface area (Å²) in [5.41, 5.74) is 9.09. The maximum Gasteiger partial charge on any atom is 0.0791 e. The van der Waals surface area contributed by atoms with Crippen LogP contribution in [-0.4, -0.2) is 13.2 Å². The molecule has 0 amide bonds. The number of nitrogens with two attached hydrogens (primary N) is 1. The van der Waals surface area contributed by atoms with Gasteiger partial charge in [-0.1, -0.05) is 56.9 Å². The predicted octanol–water partition coefficient (Wildman–Crippen LogP) is 4.23. The smallest absolute Gasteiger partial charge is 0.0791 e. The average Bonchev–Trinajstić information content (AvgIpc) is 2.50. The van der Waals surface area contributed by atoms with Crippen molar-refractivity contribution in [3.63, 3.8) is 0 Å². The van der Waals surface area contributed by atoms with Crippen LogP contribution in [0.4, 0.5) is 0 Å². The Bertz CT molecular complexity index is 381. The summed E-state index contributed by atoms with van der Waals surface area (Å²) in [4.78, 5) is 0. The van der Waals surface area contributed by atoms with E-state index < -0.39 is 0 Å². The van der Waals surface area contributed by atoms with E-state index in [0.717, 1.165) is 6.42 Å². The van der Waals surface area contributed by atoms with Gasteiger partial charge in [-0.25, -0.2) is 0 Å². The molecule has 2 nitrogen and oxygen atoms in total. The van der Waals surface area contributed by atoms with E-state index in [4.69, 9.17) is 10.5 Å². The molecule has 1 fully saturated rings. The Morgan fingerprint density at radius 1 is 1.15 bits per heavy atom. The van der Waals surface area contributed by atoms with Crippen molar-refractivity contribution in [2.75, 3.05) is 7.11 Å². The monoisotopic (exact) mass is 275 g/mol. The van der Waals surface area contributed by atoms with Crippen LogP contribution in [-0.2, 0) is 11.2 Å². The van der Waals surface area contributed by atoms with Crippen molar-refractivity contribution < 1.29 is 4.74 Å². The minimum atomic E-state index is -0.00113. The fourth-order valence-corrected chi connectivity index (χ4v) is 3.48. The maximum absolute atomic E-state index is 6.48. The summed E-state index contributed by atoms with van der Waals surface area (Å²) in [5, 5.41) is 0. The van der Waals surface area contributed by atoms with Gasteiger partial charge >= 0.3 is 0 Å². The van der Waals surface area contributed by atoms with Crippen molar-refractivity contribution in [2.24, 2.45) is 11.7 Å². The largest absolute Gasteiger partial charge is 0.379 e. The molecule has 0 heterocycles. The first kappa shape index (κ1) is 15.5. The molecular formula is C18H29NO. The van der Waals surface area contributed by atoms with Gasteiger partial charge < -0.3 is 10.5 Å². The van der Waals surface area contributed by atoms with Crippen LogP contribution in [0.5, 0.6) is 0 Å². The zero-order chi connectivity index (χ0) is 14.4. The lowest BCUT2D eigenvalue weighted by atomic mass is 9.81. The van der Waals surface area contributed by atoms with Crippen molar-refractivity contribution in [1.82, 2.24) is 0 Å². The highest BCUT2D eigenvalue weighted by molar-refractivity contribution is 5.26. The third kappa shape index (κ3) is 3.83. The van der Waals surface area contributed by atoms with Gasteiger partial charge in [0.05, 0.1) is 12.1 Å². The van der Waals surface area contributed by atoms with Gasteiger partial charge in [-0.2, -0.15) is 0 Å². The summed E-state index contributed by atoms with van der Waals surface area (Å²) in [6.07, 6.45) is 9.04. The molecular weight excluding hydrogens is 246 g/mol. The Hall–Kier alpha value is -0.860. The summed E-state index contributed by atoms with van der Waals surface area (Å²) >= 11 is 0. The molecule has 0 radical (unpaired) electrons. The number of methoxy groups -OCH3 is 1. The molecule has 0 bridgehead atoms. The van der Waals surface area contributed by atoms with Crippen molar-refractivity contribution in [2.45, 2.75) is 64.0 Å². The van der Waals surface area contributed by atoms with Crippen molar-refractivity contribution in [1.29, 1.82) is 0 Å². The fourth-order valence-electron chi connectivity index (χ4n) is 3.48. The summed E-state index contributed by atoms with van der Waals surface area (Å²) < 4.78 is 5.76. The molecule has 2 rings (SSSR count). The fraction of sp³-hybridized carbons (Fsp3) is 0.667. The molecule has 0 aromatic heterocycles. The van der Waals surface area contributed by atoms with Crippen LogP contribution in [0.25, 0.3) is 0 Å². The van der Waals surface area contributed by atoms with Crippen LogP contribution < -0.4 is 5.73 Å². The van der Waals surface area contributed by atoms with Gasteiger partial charge in [0.1, 0.15) is 0 Å². The van der Waals surface area contributed by atoms with Crippen molar-refractivity contribution >= 4 is 0 Å². The van der Waals surface area contributed by atoms with Gasteiger partial charge in [0, 0.05) is 7.11 Å². The Kier molecular flexibility index (Phi) is 6.06. The molecule has 112 valence electrons. The normalized spacial score (nSPS) is 19.8. The molecule has 1 aromatic rings. The van der Waals surface area contributed by atoms with E-state index in [9.17, 15) is 0 Å². The zero-order valence-electron chi connectivity index (χ0n) is 13.0.